The second-order valence-corrected chi connectivity index (χ2v) is 5.88. The van der Waals surface area contributed by atoms with E-state index in [9.17, 15) is 20.0 Å². The van der Waals surface area contributed by atoms with E-state index in [1.165, 1.54) is 19.4 Å². The molecule has 3 rings (SSSR count). The fourth-order valence-corrected chi connectivity index (χ4v) is 2.74. The van der Waals surface area contributed by atoms with Crippen LogP contribution in [-0.4, -0.2) is 38.8 Å². The van der Waals surface area contributed by atoms with Gasteiger partial charge in [0.25, 0.3) is 5.91 Å². The number of hydrogen-bond acceptors (Lipinski definition) is 7. The van der Waals surface area contributed by atoms with E-state index >= 15 is 0 Å². The van der Waals surface area contributed by atoms with E-state index in [-0.39, 0.29) is 23.8 Å². The zero-order valence-corrected chi connectivity index (χ0v) is 15.1. The molecule has 144 valence electrons. The number of imidazole rings is 1. The number of carbonyl (C=O) groups is 1. The minimum absolute atomic E-state index is 0.0166. The molecule has 0 saturated carbocycles. The average Bonchev–Trinajstić information content (AvgIpc) is 2.98. The maximum atomic E-state index is 12.2. The van der Waals surface area contributed by atoms with Gasteiger partial charge < -0.3 is 14.4 Å². The Bertz CT molecular complexity index is 1090. The molecule has 0 aliphatic rings. The number of amides is 1. The first-order valence-electron chi connectivity index (χ1n) is 8.20. The molecule has 0 saturated heterocycles. The van der Waals surface area contributed by atoms with Gasteiger partial charge in [-0.25, -0.2) is 10.4 Å². The number of aryl methyl sites for hydroxylation is 1. The number of rotatable bonds is 6. The molecule has 0 bridgehead atoms. The van der Waals surface area contributed by atoms with Crippen LogP contribution in [0.3, 0.4) is 0 Å². The Morgan fingerprint density at radius 3 is 2.89 bits per heavy atom. The van der Waals surface area contributed by atoms with E-state index in [4.69, 9.17) is 4.74 Å². The summed E-state index contributed by atoms with van der Waals surface area (Å²) in [4.78, 5) is 26.9. The third kappa shape index (κ3) is 3.75. The highest BCUT2D eigenvalue weighted by Gasteiger charge is 2.19. The minimum Gasteiger partial charge on any atom is -0.500 e. The summed E-state index contributed by atoms with van der Waals surface area (Å²) >= 11 is 0. The molecule has 3 aromatic rings. The first kappa shape index (κ1) is 18.8. The van der Waals surface area contributed by atoms with Crippen molar-refractivity contribution in [3.05, 3.63) is 57.9 Å². The summed E-state index contributed by atoms with van der Waals surface area (Å²) < 4.78 is 6.67. The highest BCUT2D eigenvalue weighted by molar-refractivity contribution is 5.85. The molecule has 2 aromatic carbocycles. The topological polar surface area (TPSA) is 132 Å². The van der Waals surface area contributed by atoms with Crippen molar-refractivity contribution in [1.82, 2.24) is 15.0 Å². The monoisotopic (exact) mass is 383 g/mol. The van der Waals surface area contributed by atoms with Crippen LogP contribution in [0.15, 0.2) is 41.5 Å². The van der Waals surface area contributed by atoms with Crippen molar-refractivity contribution in [2.45, 2.75) is 13.5 Å². The van der Waals surface area contributed by atoms with Gasteiger partial charge in [-0.15, -0.1) is 0 Å². The molecular weight excluding hydrogens is 366 g/mol. The number of nitro groups is 1. The first-order chi connectivity index (χ1) is 13.4. The summed E-state index contributed by atoms with van der Waals surface area (Å²) in [5.41, 5.74) is 3.76. The van der Waals surface area contributed by atoms with E-state index in [0.29, 0.717) is 5.82 Å². The number of aromatic hydroxyl groups is 1. The zero-order chi connectivity index (χ0) is 20.3. The summed E-state index contributed by atoms with van der Waals surface area (Å²) in [7, 11) is 1.28. The predicted molar refractivity (Wildman–Crippen MR) is 102 cm³/mol. The lowest BCUT2D eigenvalue weighted by molar-refractivity contribution is -0.386. The van der Waals surface area contributed by atoms with Gasteiger partial charge in [0.05, 0.1) is 29.3 Å². The van der Waals surface area contributed by atoms with E-state index in [1.54, 1.807) is 11.5 Å². The number of methoxy groups -OCH3 is 1. The summed E-state index contributed by atoms with van der Waals surface area (Å²) in [6, 6.07) is 9.95. The van der Waals surface area contributed by atoms with Gasteiger partial charge in [-0.2, -0.15) is 5.10 Å². The predicted octanol–water partition coefficient (Wildman–Crippen LogP) is 2.12. The van der Waals surface area contributed by atoms with Crippen LogP contribution in [0.5, 0.6) is 11.5 Å². The molecule has 1 heterocycles. The summed E-state index contributed by atoms with van der Waals surface area (Å²) in [5.74, 6) is -0.333. The lowest BCUT2D eigenvalue weighted by atomic mass is 10.2. The van der Waals surface area contributed by atoms with Gasteiger partial charge in [-0.1, -0.05) is 12.1 Å². The number of carbonyl (C=O) groups excluding carboxylic acids is 1. The number of nitrogens with one attached hydrogen (secondary N) is 1. The molecule has 0 radical (unpaired) electrons. The minimum atomic E-state index is -0.735. The Labute approximate surface area is 159 Å². The Kier molecular flexibility index (Phi) is 5.21. The molecular formula is C18H17N5O5. The van der Waals surface area contributed by atoms with Crippen LogP contribution in [0.1, 0.15) is 11.4 Å². The van der Waals surface area contributed by atoms with Gasteiger partial charge in [-0.3, -0.25) is 14.9 Å². The van der Waals surface area contributed by atoms with Crippen molar-refractivity contribution in [2.24, 2.45) is 5.10 Å². The van der Waals surface area contributed by atoms with Gasteiger partial charge in [0, 0.05) is 11.6 Å². The summed E-state index contributed by atoms with van der Waals surface area (Å²) in [5, 5.41) is 24.6. The SMILES string of the molecule is COc1cc(/C=N/NC(=O)Cn2c(C)nc3ccccc32)cc([N+](=O)[O-])c1O. The molecule has 10 heteroatoms. The number of nitro benzene ring substituents is 1. The number of benzene rings is 2. The van der Waals surface area contributed by atoms with E-state index in [0.717, 1.165) is 17.1 Å². The van der Waals surface area contributed by atoms with Gasteiger partial charge in [0.2, 0.25) is 5.75 Å². The average molecular weight is 383 g/mol. The normalized spacial score (nSPS) is 11.1. The molecule has 0 aliphatic heterocycles. The third-order valence-electron chi connectivity index (χ3n) is 4.04. The number of para-hydroxylation sites is 2. The zero-order valence-electron chi connectivity index (χ0n) is 15.1. The molecule has 0 unspecified atom stereocenters. The third-order valence-corrected chi connectivity index (χ3v) is 4.04. The van der Waals surface area contributed by atoms with Crippen LogP contribution in [0.25, 0.3) is 11.0 Å². The molecule has 2 N–H and O–H groups in total. The highest BCUT2D eigenvalue weighted by Crippen LogP contribution is 2.36. The highest BCUT2D eigenvalue weighted by atomic mass is 16.6. The lowest BCUT2D eigenvalue weighted by Gasteiger charge is -2.06. The van der Waals surface area contributed by atoms with Crippen molar-refractivity contribution in [3.63, 3.8) is 0 Å². The Morgan fingerprint density at radius 2 is 2.18 bits per heavy atom. The van der Waals surface area contributed by atoms with Crippen LogP contribution in [0, 0.1) is 17.0 Å². The number of phenolic OH excluding ortho intramolecular Hbond substituents is 1. The second-order valence-electron chi connectivity index (χ2n) is 5.88. The van der Waals surface area contributed by atoms with Gasteiger partial charge in [0.1, 0.15) is 12.4 Å². The number of fused-ring (bicyclic) bond motifs is 1. The number of ether oxygens (including phenoxy) is 1. The fourth-order valence-electron chi connectivity index (χ4n) is 2.74. The van der Waals surface area contributed by atoms with Gasteiger partial charge >= 0.3 is 5.69 Å². The molecule has 0 fully saturated rings. The number of aromatic nitrogens is 2. The number of phenols is 1. The Balaban J connectivity index is 1.74. The maximum absolute atomic E-state index is 12.2. The van der Waals surface area contributed by atoms with Crippen molar-refractivity contribution in [2.75, 3.05) is 7.11 Å². The molecule has 0 aliphatic carbocycles. The molecule has 1 amide bonds. The maximum Gasteiger partial charge on any atom is 0.315 e. The van der Waals surface area contributed by atoms with Crippen molar-refractivity contribution < 1.29 is 19.6 Å². The quantitative estimate of drug-likeness (QED) is 0.381. The van der Waals surface area contributed by atoms with Crippen LogP contribution in [-0.2, 0) is 11.3 Å². The molecule has 0 spiro atoms. The largest absolute Gasteiger partial charge is 0.500 e. The van der Waals surface area contributed by atoms with Crippen LogP contribution < -0.4 is 10.2 Å². The Hall–Kier alpha value is -3.95. The second kappa shape index (κ2) is 7.74. The standard InChI is InChI=1S/C18H17N5O5/c1-11-20-13-5-3-4-6-14(13)22(11)10-17(24)21-19-9-12-7-15(23(26)27)18(25)16(8-12)28-2/h3-9,25H,10H2,1-2H3,(H,21,24)/b19-9+. The Morgan fingerprint density at radius 1 is 1.43 bits per heavy atom. The van der Waals surface area contributed by atoms with Crippen molar-refractivity contribution in [3.8, 4) is 11.5 Å². The fraction of sp³-hybridized carbons (Fsp3) is 0.167. The summed E-state index contributed by atoms with van der Waals surface area (Å²) in [6.07, 6.45) is 1.23. The van der Waals surface area contributed by atoms with E-state index in [2.05, 4.69) is 15.5 Å². The molecule has 10 nitrogen and oxygen atoms in total. The van der Waals surface area contributed by atoms with Crippen LogP contribution in [0.4, 0.5) is 5.69 Å². The number of hydrazone groups is 1. The number of hydrogen-bond donors (Lipinski definition) is 2. The number of nitrogens with zero attached hydrogens (tertiary/aromatic N) is 4. The van der Waals surface area contributed by atoms with Crippen molar-refractivity contribution in [1.29, 1.82) is 0 Å². The molecule has 1 aromatic heterocycles. The molecule has 0 atom stereocenters. The van der Waals surface area contributed by atoms with E-state index < -0.39 is 16.4 Å². The smallest absolute Gasteiger partial charge is 0.315 e. The molecule has 28 heavy (non-hydrogen) atoms. The van der Waals surface area contributed by atoms with E-state index in [1.807, 2.05) is 24.3 Å². The van der Waals surface area contributed by atoms with Crippen LogP contribution >= 0.6 is 0 Å². The van der Waals surface area contributed by atoms with Crippen LogP contribution in [0.2, 0.25) is 0 Å². The van der Waals surface area contributed by atoms with Gasteiger partial charge in [0.15, 0.2) is 5.75 Å². The lowest BCUT2D eigenvalue weighted by Crippen LogP contribution is -2.23. The van der Waals surface area contributed by atoms with Gasteiger partial charge in [-0.05, 0) is 25.1 Å². The summed E-state index contributed by atoms with van der Waals surface area (Å²) in [6.45, 7) is 1.82. The van der Waals surface area contributed by atoms with Crippen molar-refractivity contribution >= 4 is 28.8 Å². The first-order valence-corrected chi connectivity index (χ1v) is 8.20.